The lowest BCUT2D eigenvalue weighted by molar-refractivity contribution is 0.00296. The lowest BCUT2D eigenvalue weighted by Gasteiger charge is -2.28. The van der Waals surface area contributed by atoms with Gasteiger partial charge >= 0.3 is 0 Å². The van der Waals surface area contributed by atoms with E-state index in [-0.39, 0.29) is 5.60 Å². The van der Waals surface area contributed by atoms with Gasteiger partial charge in [0, 0.05) is 0 Å². The van der Waals surface area contributed by atoms with E-state index in [0.29, 0.717) is 11.8 Å². The van der Waals surface area contributed by atoms with Crippen LogP contribution in [-0.4, -0.2) is 10.7 Å². The van der Waals surface area contributed by atoms with E-state index in [1.165, 1.54) is 12.8 Å². The smallest absolute Gasteiger partial charge is 0.0650 e. The summed E-state index contributed by atoms with van der Waals surface area (Å²) >= 11 is 0. The van der Waals surface area contributed by atoms with E-state index in [9.17, 15) is 5.11 Å². The second kappa shape index (κ2) is 2.54. The van der Waals surface area contributed by atoms with Crippen molar-refractivity contribution >= 4 is 0 Å². The third-order valence-corrected chi connectivity index (χ3v) is 2.80. The van der Waals surface area contributed by atoms with Gasteiger partial charge in [0.05, 0.1) is 5.60 Å². The van der Waals surface area contributed by atoms with Crippen LogP contribution in [-0.2, 0) is 0 Å². The molecule has 1 fully saturated rings. The van der Waals surface area contributed by atoms with E-state index < -0.39 is 0 Å². The Morgan fingerprint density at radius 3 is 2.30 bits per heavy atom. The Balaban J connectivity index is 2.59. The minimum absolute atomic E-state index is 0.367. The molecule has 1 nitrogen and oxygen atoms in total. The summed E-state index contributed by atoms with van der Waals surface area (Å²) in [6, 6.07) is 0. The number of hydrogen-bond donors (Lipinski definition) is 1. The number of aliphatic hydroxyl groups is 1. The maximum Gasteiger partial charge on any atom is 0.0650 e. The van der Waals surface area contributed by atoms with Crippen LogP contribution in [0.1, 0.15) is 40.0 Å². The summed E-state index contributed by atoms with van der Waals surface area (Å²) in [6.07, 6.45) is 3.41. The van der Waals surface area contributed by atoms with Gasteiger partial charge in [0.1, 0.15) is 0 Å². The average molecular weight is 142 g/mol. The maximum atomic E-state index is 9.82. The number of hydrogen-bond acceptors (Lipinski definition) is 1. The van der Waals surface area contributed by atoms with Crippen molar-refractivity contribution in [3.63, 3.8) is 0 Å². The van der Waals surface area contributed by atoms with Crippen molar-refractivity contribution < 1.29 is 5.11 Å². The van der Waals surface area contributed by atoms with Crippen LogP contribution >= 0.6 is 0 Å². The molecule has 0 saturated heterocycles. The van der Waals surface area contributed by atoms with E-state index in [1.807, 2.05) is 6.92 Å². The molecular formula is C9H18O. The van der Waals surface area contributed by atoms with Gasteiger partial charge in [-0.25, -0.2) is 0 Å². The summed E-state index contributed by atoms with van der Waals surface area (Å²) in [7, 11) is 0. The van der Waals surface area contributed by atoms with Gasteiger partial charge in [-0.3, -0.25) is 0 Å². The van der Waals surface area contributed by atoms with Gasteiger partial charge in [-0.15, -0.1) is 0 Å². The molecule has 0 aromatic carbocycles. The van der Waals surface area contributed by atoms with Crippen molar-refractivity contribution in [1.29, 1.82) is 0 Å². The van der Waals surface area contributed by atoms with Gasteiger partial charge in [-0.2, -0.15) is 0 Å². The molecule has 0 radical (unpaired) electrons. The van der Waals surface area contributed by atoms with E-state index >= 15 is 0 Å². The predicted molar refractivity (Wildman–Crippen MR) is 42.8 cm³/mol. The molecule has 10 heavy (non-hydrogen) atoms. The topological polar surface area (TPSA) is 20.2 Å². The Morgan fingerprint density at radius 1 is 1.50 bits per heavy atom. The Bertz CT molecular complexity index is 116. The Morgan fingerprint density at radius 2 is 2.10 bits per heavy atom. The third-order valence-electron chi connectivity index (χ3n) is 2.80. The molecule has 0 amide bonds. The Hall–Kier alpha value is -0.0400. The van der Waals surface area contributed by atoms with Crippen molar-refractivity contribution in [2.24, 2.45) is 11.8 Å². The molecular weight excluding hydrogens is 124 g/mol. The van der Waals surface area contributed by atoms with Crippen molar-refractivity contribution in [1.82, 2.24) is 0 Å². The fraction of sp³-hybridized carbons (Fsp3) is 1.00. The highest BCUT2D eigenvalue weighted by atomic mass is 16.3. The summed E-state index contributed by atoms with van der Waals surface area (Å²) in [4.78, 5) is 0. The van der Waals surface area contributed by atoms with Crippen LogP contribution in [0.2, 0.25) is 0 Å². The van der Waals surface area contributed by atoms with Crippen molar-refractivity contribution in [3.05, 3.63) is 0 Å². The fourth-order valence-electron chi connectivity index (χ4n) is 2.23. The molecule has 1 rings (SSSR count). The van der Waals surface area contributed by atoms with E-state index in [1.54, 1.807) is 0 Å². The molecule has 1 saturated carbocycles. The van der Waals surface area contributed by atoms with Crippen LogP contribution in [0.25, 0.3) is 0 Å². The largest absolute Gasteiger partial charge is 0.390 e. The summed E-state index contributed by atoms with van der Waals surface area (Å²) in [6.45, 7) is 6.37. The minimum Gasteiger partial charge on any atom is -0.390 e. The van der Waals surface area contributed by atoms with Gasteiger partial charge in [0.25, 0.3) is 0 Å². The summed E-state index contributed by atoms with van der Waals surface area (Å²) < 4.78 is 0. The Labute approximate surface area is 63.4 Å². The SMILES string of the molecule is CC(C)C1CCC[C@@]1(C)O. The normalized spacial score (nSPS) is 41.1. The van der Waals surface area contributed by atoms with Crippen LogP contribution in [0.5, 0.6) is 0 Å². The first kappa shape index (κ1) is 8.06. The second-order valence-corrected chi connectivity index (χ2v) is 4.10. The van der Waals surface area contributed by atoms with Crippen LogP contribution in [0, 0.1) is 11.8 Å². The lowest BCUT2D eigenvalue weighted by atomic mass is 9.84. The van der Waals surface area contributed by atoms with E-state index in [0.717, 1.165) is 6.42 Å². The van der Waals surface area contributed by atoms with Gasteiger partial charge in [0.2, 0.25) is 0 Å². The Kier molecular flexibility index (Phi) is 2.04. The minimum atomic E-state index is -0.367. The van der Waals surface area contributed by atoms with E-state index in [4.69, 9.17) is 0 Å². The molecule has 1 heteroatoms. The van der Waals surface area contributed by atoms with E-state index in [2.05, 4.69) is 13.8 Å². The van der Waals surface area contributed by atoms with Crippen molar-refractivity contribution in [3.8, 4) is 0 Å². The molecule has 1 unspecified atom stereocenters. The first-order chi connectivity index (χ1) is 4.54. The summed E-state index contributed by atoms with van der Waals surface area (Å²) in [5.41, 5.74) is -0.367. The zero-order valence-corrected chi connectivity index (χ0v) is 7.22. The zero-order valence-electron chi connectivity index (χ0n) is 7.22. The highest BCUT2D eigenvalue weighted by molar-refractivity contribution is 4.89. The molecule has 60 valence electrons. The molecule has 0 heterocycles. The van der Waals surface area contributed by atoms with Crippen LogP contribution in [0.15, 0.2) is 0 Å². The highest BCUT2D eigenvalue weighted by Crippen LogP contribution is 2.39. The molecule has 1 N–H and O–H groups in total. The standard InChI is InChI=1S/C9H18O/c1-7(2)8-5-4-6-9(8,3)10/h7-8,10H,4-6H2,1-3H3/t8?,9-/m1/s1. The fourth-order valence-corrected chi connectivity index (χ4v) is 2.23. The molecule has 0 bridgehead atoms. The second-order valence-electron chi connectivity index (χ2n) is 4.10. The lowest BCUT2D eigenvalue weighted by Crippen LogP contribution is -2.32. The zero-order chi connectivity index (χ0) is 7.78. The quantitative estimate of drug-likeness (QED) is 0.595. The first-order valence-electron chi connectivity index (χ1n) is 4.26. The molecule has 1 aliphatic rings. The van der Waals surface area contributed by atoms with Crippen molar-refractivity contribution in [2.75, 3.05) is 0 Å². The molecule has 0 aromatic rings. The van der Waals surface area contributed by atoms with Gasteiger partial charge in [-0.05, 0) is 31.6 Å². The molecule has 0 spiro atoms. The predicted octanol–water partition coefficient (Wildman–Crippen LogP) is 2.19. The van der Waals surface area contributed by atoms with Gasteiger partial charge < -0.3 is 5.11 Å². The monoisotopic (exact) mass is 142 g/mol. The summed E-state index contributed by atoms with van der Waals surface area (Å²) in [5.74, 6) is 1.17. The molecule has 1 aliphatic carbocycles. The van der Waals surface area contributed by atoms with Crippen molar-refractivity contribution in [2.45, 2.75) is 45.6 Å². The maximum absolute atomic E-state index is 9.82. The highest BCUT2D eigenvalue weighted by Gasteiger charge is 2.37. The third kappa shape index (κ3) is 1.34. The summed E-state index contributed by atoms with van der Waals surface area (Å²) in [5, 5.41) is 9.82. The average Bonchev–Trinajstić information content (AvgIpc) is 2.08. The van der Waals surface area contributed by atoms with Crippen LogP contribution < -0.4 is 0 Å². The molecule has 2 atom stereocenters. The van der Waals surface area contributed by atoms with Crippen LogP contribution in [0.4, 0.5) is 0 Å². The first-order valence-corrected chi connectivity index (χ1v) is 4.26. The molecule has 0 aromatic heterocycles. The van der Waals surface area contributed by atoms with Gasteiger partial charge in [0.15, 0.2) is 0 Å². The molecule has 0 aliphatic heterocycles. The van der Waals surface area contributed by atoms with Gasteiger partial charge in [-0.1, -0.05) is 20.3 Å². The van der Waals surface area contributed by atoms with Crippen LogP contribution in [0.3, 0.4) is 0 Å². The number of rotatable bonds is 1.